The van der Waals surface area contributed by atoms with Gasteiger partial charge in [0.05, 0.1) is 9.82 Å². The number of hydrogen-bond donors (Lipinski definition) is 2. The van der Waals surface area contributed by atoms with Gasteiger partial charge in [0.15, 0.2) is 5.11 Å². The molecule has 1 aromatic carbocycles. The predicted octanol–water partition coefficient (Wildman–Crippen LogP) is 0.117. The second kappa shape index (κ2) is 4.41. The van der Waals surface area contributed by atoms with Gasteiger partial charge in [0.2, 0.25) is 0 Å². The number of hydrogen-bond acceptors (Lipinski definition) is 5. The normalized spacial score (nSPS) is 10.8. The first-order valence-corrected chi connectivity index (χ1v) is 5.79. The maximum absolute atomic E-state index is 11.5. The predicted molar refractivity (Wildman–Crippen MR) is 60.2 cm³/mol. The molecule has 0 aromatic heterocycles. The third kappa shape index (κ3) is 2.87. The lowest BCUT2D eigenvalue weighted by atomic mass is 10.3. The Morgan fingerprint density at radius 1 is 1.38 bits per heavy atom. The molecule has 0 atom stereocenters. The van der Waals surface area contributed by atoms with E-state index >= 15 is 0 Å². The zero-order valence-corrected chi connectivity index (χ0v) is 9.42. The van der Waals surface area contributed by atoms with Crippen molar-refractivity contribution in [2.75, 3.05) is 0 Å². The first kappa shape index (κ1) is 12.3. The summed E-state index contributed by atoms with van der Waals surface area (Å²) < 4.78 is 24.8. The third-order valence-electron chi connectivity index (χ3n) is 1.59. The van der Waals surface area contributed by atoms with Gasteiger partial charge in [0.25, 0.3) is 15.7 Å². The van der Waals surface area contributed by atoms with Gasteiger partial charge in [-0.2, -0.15) is 0 Å². The van der Waals surface area contributed by atoms with E-state index in [-0.39, 0.29) is 10.6 Å². The van der Waals surface area contributed by atoms with Crippen LogP contribution in [0.2, 0.25) is 0 Å². The van der Waals surface area contributed by atoms with Gasteiger partial charge in [-0.3, -0.25) is 14.8 Å². The second-order valence-corrected chi connectivity index (χ2v) is 4.84. The summed E-state index contributed by atoms with van der Waals surface area (Å²) in [5.74, 6) is 0. The van der Waals surface area contributed by atoms with Gasteiger partial charge in [-0.15, -0.1) is 0 Å². The summed E-state index contributed by atoms with van der Waals surface area (Å²) in [7, 11) is -3.84. The zero-order chi connectivity index (χ0) is 12.3. The van der Waals surface area contributed by atoms with Crippen molar-refractivity contribution < 1.29 is 13.3 Å². The number of rotatable bonds is 3. The SMILES string of the molecule is NC(=S)NS(=O)(=O)c1ccc([N+](=O)[O-])cc1. The van der Waals surface area contributed by atoms with E-state index in [0.29, 0.717) is 0 Å². The molecule has 0 bridgehead atoms. The molecule has 0 aliphatic heterocycles. The van der Waals surface area contributed by atoms with Crippen LogP contribution in [0.25, 0.3) is 0 Å². The maximum Gasteiger partial charge on any atom is 0.269 e. The van der Waals surface area contributed by atoms with Crippen LogP contribution in [0.4, 0.5) is 5.69 Å². The summed E-state index contributed by atoms with van der Waals surface area (Å²) in [5.41, 5.74) is 4.83. The van der Waals surface area contributed by atoms with Crippen LogP contribution in [0.1, 0.15) is 0 Å². The summed E-state index contributed by atoms with van der Waals surface area (Å²) in [6.07, 6.45) is 0. The molecule has 1 aromatic rings. The van der Waals surface area contributed by atoms with Crippen LogP contribution in [0.3, 0.4) is 0 Å². The van der Waals surface area contributed by atoms with Crippen molar-refractivity contribution in [2.24, 2.45) is 5.73 Å². The lowest BCUT2D eigenvalue weighted by Gasteiger charge is -2.04. The maximum atomic E-state index is 11.5. The third-order valence-corrected chi connectivity index (χ3v) is 3.21. The quantitative estimate of drug-likeness (QED) is 0.453. The highest BCUT2D eigenvalue weighted by Gasteiger charge is 2.15. The van der Waals surface area contributed by atoms with Crippen LogP contribution in [-0.2, 0) is 10.0 Å². The Morgan fingerprint density at radius 2 is 1.88 bits per heavy atom. The summed E-state index contributed by atoms with van der Waals surface area (Å²) >= 11 is 4.39. The fourth-order valence-electron chi connectivity index (χ4n) is 0.938. The van der Waals surface area contributed by atoms with E-state index in [4.69, 9.17) is 5.73 Å². The molecule has 0 fully saturated rings. The molecule has 7 nitrogen and oxygen atoms in total. The molecule has 0 radical (unpaired) electrons. The van der Waals surface area contributed by atoms with E-state index in [1.807, 2.05) is 4.72 Å². The van der Waals surface area contributed by atoms with Crippen LogP contribution in [0, 0.1) is 10.1 Å². The van der Waals surface area contributed by atoms with E-state index < -0.39 is 20.1 Å². The molecular weight excluding hydrogens is 254 g/mol. The minimum atomic E-state index is -3.84. The number of nitrogens with one attached hydrogen (secondary N) is 1. The molecule has 0 saturated carbocycles. The number of sulfonamides is 1. The van der Waals surface area contributed by atoms with Crippen molar-refractivity contribution in [1.29, 1.82) is 0 Å². The number of nitrogens with zero attached hydrogens (tertiary/aromatic N) is 1. The number of nitrogens with two attached hydrogens (primary N) is 1. The molecule has 86 valence electrons. The van der Waals surface area contributed by atoms with Crippen molar-refractivity contribution >= 4 is 33.0 Å². The highest BCUT2D eigenvalue weighted by molar-refractivity contribution is 7.91. The van der Waals surface area contributed by atoms with Crippen LogP contribution in [0.5, 0.6) is 0 Å². The number of nitro benzene ring substituents is 1. The van der Waals surface area contributed by atoms with Crippen LogP contribution < -0.4 is 10.5 Å². The van der Waals surface area contributed by atoms with E-state index in [0.717, 1.165) is 24.3 Å². The number of benzene rings is 1. The average molecular weight is 261 g/mol. The summed E-state index contributed by atoms with van der Waals surface area (Å²) in [6.45, 7) is 0. The Labute approximate surface area is 96.5 Å². The first-order chi connectivity index (χ1) is 7.33. The zero-order valence-electron chi connectivity index (χ0n) is 7.78. The molecular formula is C7H7N3O4S2. The number of nitro groups is 1. The average Bonchev–Trinajstić information content (AvgIpc) is 2.16. The molecule has 16 heavy (non-hydrogen) atoms. The van der Waals surface area contributed by atoms with Gasteiger partial charge in [-0.1, -0.05) is 0 Å². The Morgan fingerprint density at radius 3 is 2.25 bits per heavy atom. The standard InChI is InChI=1S/C7H7N3O4S2/c8-7(15)9-16(13,14)6-3-1-5(2-4-6)10(11)12/h1-4H,(H3,8,9,15). The molecule has 0 heterocycles. The fraction of sp³-hybridized carbons (Fsp3) is 0. The van der Waals surface area contributed by atoms with Crippen molar-refractivity contribution in [3.8, 4) is 0 Å². The van der Waals surface area contributed by atoms with Crippen LogP contribution >= 0.6 is 12.2 Å². The van der Waals surface area contributed by atoms with Gasteiger partial charge < -0.3 is 5.73 Å². The minimum Gasteiger partial charge on any atom is -0.376 e. The van der Waals surface area contributed by atoms with E-state index in [1.165, 1.54) is 0 Å². The smallest absolute Gasteiger partial charge is 0.269 e. The highest BCUT2D eigenvalue weighted by Crippen LogP contribution is 2.15. The first-order valence-electron chi connectivity index (χ1n) is 3.89. The Hall–Kier alpha value is -1.74. The van der Waals surface area contributed by atoms with Gasteiger partial charge >= 0.3 is 0 Å². The topological polar surface area (TPSA) is 115 Å². The summed E-state index contributed by atoms with van der Waals surface area (Å²) in [6, 6.07) is 4.35. The largest absolute Gasteiger partial charge is 0.376 e. The molecule has 9 heteroatoms. The van der Waals surface area contributed by atoms with Gasteiger partial charge in [0.1, 0.15) is 0 Å². The Kier molecular flexibility index (Phi) is 3.40. The molecule has 0 saturated heterocycles. The monoisotopic (exact) mass is 261 g/mol. The lowest BCUT2D eigenvalue weighted by Crippen LogP contribution is -2.34. The van der Waals surface area contributed by atoms with Crippen molar-refractivity contribution in [3.05, 3.63) is 34.4 Å². The summed E-state index contributed by atoms with van der Waals surface area (Å²) in [4.78, 5) is 9.56. The van der Waals surface area contributed by atoms with Gasteiger partial charge in [-0.25, -0.2) is 8.42 Å². The van der Waals surface area contributed by atoms with Gasteiger partial charge in [0, 0.05) is 12.1 Å². The molecule has 0 aliphatic carbocycles. The molecule has 3 N–H and O–H groups in total. The number of non-ortho nitro benzene ring substituents is 1. The molecule has 1 rings (SSSR count). The van der Waals surface area contributed by atoms with Crippen molar-refractivity contribution in [1.82, 2.24) is 4.72 Å². The van der Waals surface area contributed by atoms with Gasteiger partial charge in [-0.05, 0) is 24.4 Å². The molecule has 0 amide bonds. The molecule has 0 spiro atoms. The van der Waals surface area contributed by atoms with E-state index in [9.17, 15) is 18.5 Å². The summed E-state index contributed by atoms with van der Waals surface area (Å²) in [5, 5.41) is 9.95. The number of thiocarbonyl (C=S) groups is 1. The Bertz CT molecular complexity index is 523. The van der Waals surface area contributed by atoms with Crippen LogP contribution in [-0.4, -0.2) is 18.5 Å². The second-order valence-electron chi connectivity index (χ2n) is 2.72. The highest BCUT2D eigenvalue weighted by atomic mass is 32.2. The van der Waals surface area contributed by atoms with Crippen LogP contribution in [0.15, 0.2) is 29.2 Å². The van der Waals surface area contributed by atoms with E-state index in [1.54, 1.807) is 0 Å². The Balaban J connectivity index is 3.07. The lowest BCUT2D eigenvalue weighted by molar-refractivity contribution is -0.384. The molecule has 0 unspecified atom stereocenters. The van der Waals surface area contributed by atoms with Crippen molar-refractivity contribution in [3.63, 3.8) is 0 Å². The van der Waals surface area contributed by atoms with E-state index in [2.05, 4.69) is 12.2 Å². The van der Waals surface area contributed by atoms with Crippen molar-refractivity contribution in [2.45, 2.75) is 4.90 Å². The fourth-order valence-corrected chi connectivity index (χ4v) is 2.14. The molecule has 0 aliphatic rings. The minimum absolute atomic E-state index is 0.147.